The fourth-order valence-corrected chi connectivity index (χ4v) is 8.34. The van der Waals surface area contributed by atoms with Gasteiger partial charge in [0.2, 0.25) is 0 Å². The van der Waals surface area contributed by atoms with E-state index in [1.165, 1.54) is 63.6 Å². The second-order valence-electron chi connectivity index (χ2n) is 12.6. The number of aromatic nitrogens is 2. The number of nitrogens with zero attached hydrogens (tertiary/aromatic N) is 2. The van der Waals surface area contributed by atoms with E-state index in [2.05, 4.69) is 152 Å². The van der Waals surface area contributed by atoms with Gasteiger partial charge in [-0.1, -0.05) is 140 Å². The van der Waals surface area contributed by atoms with Crippen LogP contribution in [-0.2, 0) is 0 Å². The second kappa shape index (κ2) is 11.2. The van der Waals surface area contributed by atoms with E-state index in [1.54, 1.807) is 0 Å². The Bertz CT molecular complexity index is 2870. The fraction of sp³-hybridized carbons (Fsp3) is 0. The van der Waals surface area contributed by atoms with E-state index in [0.29, 0.717) is 0 Å². The predicted octanol–water partition coefficient (Wildman–Crippen LogP) is 13.0. The largest absolute Gasteiger partial charge is 0.228 e. The van der Waals surface area contributed by atoms with Gasteiger partial charge in [-0.2, -0.15) is 0 Å². The quantitative estimate of drug-likeness (QED) is 0.141. The molecule has 0 unspecified atom stereocenters. The summed E-state index contributed by atoms with van der Waals surface area (Å²) in [5, 5.41) is 10.2. The van der Waals surface area contributed by atoms with Crippen LogP contribution in [0.3, 0.4) is 0 Å². The normalized spacial score (nSPS) is 11.7. The van der Waals surface area contributed by atoms with Crippen molar-refractivity contribution in [1.29, 1.82) is 0 Å². The first-order valence-corrected chi connectivity index (χ1v) is 17.4. The molecule has 0 atom stereocenters. The number of fused-ring (bicyclic) bond motifs is 7. The number of hydrogen-bond donors (Lipinski definition) is 0. The van der Waals surface area contributed by atoms with E-state index >= 15 is 0 Å². The smallest absolute Gasteiger partial charge is 0.160 e. The summed E-state index contributed by atoms with van der Waals surface area (Å²) in [6.45, 7) is 0. The Labute approximate surface area is 287 Å². The minimum absolute atomic E-state index is 0.724. The first-order valence-electron chi connectivity index (χ1n) is 16.6. The van der Waals surface area contributed by atoms with E-state index in [0.717, 1.165) is 33.9 Å². The van der Waals surface area contributed by atoms with Crippen molar-refractivity contribution in [3.05, 3.63) is 170 Å². The Hall–Kier alpha value is -6.16. The van der Waals surface area contributed by atoms with Gasteiger partial charge in [0.05, 0.1) is 11.4 Å². The molecular weight excluding hydrogens is 613 g/mol. The van der Waals surface area contributed by atoms with E-state index in [1.807, 2.05) is 29.5 Å². The van der Waals surface area contributed by atoms with Gasteiger partial charge >= 0.3 is 0 Å². The van der Waals surface area contributed by atoms with Gasteiger partial charge in [-0.3, -0.25) is 0 Å². The van der Waals surface area contributed by atoms with Crippen LogP contribution in [0.5, 0.6) is 0 Å². The summed E-state index contributed by atoms with van der Waals surface area (Å²) in [6.07, 6.45) is 0. The molecule has 0 amide bonds. The van der Waals surface area contributed by atoms with Crippen LogP contribution in [0, 0.1) is 0 Å². The van der Waals surface area contributed by atoms with Gasteiger partial charge in [-0.05, 0) is 73.8 Å². The molecule has 10 rings (SSSR count). The van der Waals surface area contributed by atoms with Crippen molar-refractivity contribution in [2.45, 2.75) is 0 Å². The highest BCUT2D eigenvalue weighted by Gasteiger charge is 2.14. The van der Waals surface area contributed by atoms with Crippen molar-refractivity contribution in [2.24, 2.45) is 0 Å². The molecule has 0 saturated heterocycles. The average Bonchev–Trinajstić information content (AvgIpc) is 3.55. The van der Waals surface area contributed by atoms with E-state index in [4.69, 9.17) is 9.97 Å². The van der Waals surface area contributed by atoms with Gasteiger partial charge in [0, 0.05) is 36.9 Å². The Morgan fingerprint density at radius 1 is 0.327 bits per heavy atom. The van der Waals surface area contributed by atoms with E-state index < -0.39 is 0 Å². The summed E-state index contributed by atoms with van der Waals surface area (Å²) in [6, 6.07) is 60.9. The molecule has 0 spiro atoms. The van der Waals surface area contributed by atoms with Crippen LogP contribution in [0.1, 0.15) is 0 Å². The zero-order valence-electron chi connectivity index (χ0n) is 26.5. The zero-order valence-corrected chi connectivity index (χ0v) is 27.3. The minimum atomic E-state index is 0.724. The SMILES string of the molecule is c1ccc(-c2nc(-c3ccc(-c4cccc5c4ccc4cc6ccccc6cc45)cc3)cc(-c3ccc4c(c3)sc3ccccc34)n2)cc1. The van der Waals surface area contributed by atoms with Crippen molar-refractivity contribution in [2.75, 3.05) is 0 Å². The molecule has 0 aliphatic carbocycles. The molecule has 0 bridgehead atoms. The molecule has 0 saturated carbocycles. The maximum Gasteiger partial charge on any atom is 0.160 e. The Kier molecular flexibility index (Phi) is 6.39. The maximum absolute atomic E-state index is 5.10. The highest BCUT2D eigenvalue weighted by atomic mass is 32.1. The summed E-state index contributed by atoms with van der Waals surface area (Å²) in [5.74, 6) is 0.724. The number of rotatable bonds is 4. The summed E-state index contributed by atoms with van der Waals surface area (Å²) in [5.41, 5.74) is 7.38. The molecule has 0 aliphatic heterocycles. The van der Waals surface area contributed by atoms with Gasteiger partial charge in [-0.15, -0.1) is 11.3 Å². The molecule has 2 heterocycles. The summed E-state index contributed by atoms with van der Waals surface area (Å²) < 4.78 is 2.57. The van der Waals surface area contributed by atoms with Crippen LogP contribution in [-0.4, -0.2) is 9.97 Å². The third-order valence-corrected chi connectivity index (χ3v) is 10.8. The number of thiophene rings is 1. The number of hydrogen-bond acceptors (Lipinski definition) is 3. The fourth-order valence-electron chi connectivity index (χ4n) is 7.20. The third-order valence-electron chi connectivity index (χ3n) is 9.67. The van der Waals surface area contributed by atoms with Crippen LogP contribution in [0.2, 0.25) is 0 Å². The van der Waals surface area contributed by atoms with Crippen LogP contribution in [0.15, 0.2) is 170 Å². The summed E-state index contributed by atoms with van der Waals surface area (Å²) in [4.78, 5) is 10.2. The summed E-state index contributed by atoms with van der Waals surface area (Å²) >= 11 is 1.83. The molecule has 2 nitrogen and oxygen atoms in total. The first kappa shape index (κ1) is 27.9. The van der Waals surface area contributed by atoms with Gasteiger partial charge in [0.15, 0.2) is 5.82 Å². The Balaban J connectivity index is 1.08. The van der Waals surface area contributed by atoms with Crippen molar-refractivity contribution in [3.63, 3.8) is 0 Å². The van der Waals surface area contributed by atoms with Crippen LogP contribution >= 0.6 is 11.3 Å². The molecule has 8 aromatic carbocycles. The second-order valence-corrected chi connectivity index (χ2v) is 13.7. The molecule has 0 N–H and O–H groups in total. The van der Waals surface area contributed by atoms with Crippen molar-refractivity contribution >= 4 is 63.8 Å². The third kappa shape index (κ3) is 4.78. The van der Waals surface area contributed by atoms with Crippen LogP contribution in [0.4, 0.5) is 0 Å². The molecular formula is C46H28N2S. The maximum atomic E-state index is 5.10. The topological polar surface area (TPSA) is 25.8 Å². The Morgan fingerprint density at radius 3 is 1.84 bits per heavy atom. The van der Waals surface area contributed by atoms with E-state index in [9.17, 15) is 0 Å². The van der Waals surface area contributed by atoms with Crippen molar-refractivity contribution in [1.82, 2.24) is 9.97 Å². The van der Waals surface area contributed by atoms with Gasteiger partial charge in [0.1, 0.15) is 0 Å². The molecule has 228 valence electrons. The van der Waals surface area contributed by atoms with Crippen LogP contribution in [0.25, 0.3) is 97.5 Å². The Morgan fingerprint density at radius 2 is 0.980 bits per heavy atom. The highest BCUT2D eigenvalue weighted by molar-refractivity contribution is 7.25. The van der Waals surface area contributed by atoms with Crippen molar-refractivity contribution < 1.29 is 0 Å². The lowest BCUT2D eigenvalue weighted by Crippen LogP contribution is -1.96. The molecule has 2 aromatic heterocycles. The minimum Gasteiger partial charge on any atom is -0.228 e. The lowest BCUT2D eigenvalue weighted by Gasteiger charge is -2.12. The lowest BCUT2D eigenvalue weighted by atomic mass is 9.93. The monoisotopic (exact) mass is 640 g/mol. The molecule has 3 heteroatoms. The first-order chi connectivity index (χ1) is 24.2. The molecule has 0 aliphatic rings. The van der Waals surface area contributed by atoms with Gasteiger partial charge in [0.25, 0.3) is 0 Å². The highest BCUT2D eigenvalue weighted by Crippen LogP contribution is 2.38. The van der Waals surface area contributed by atoms with Gasteiger partial charge in [-0.25, -0.2) is 9.97 Å². The predicted molar refractivity (Wildman–Crippen MR) is 209 cm³/mol. The van der Waals surface area contributed by atoms with E-state index in [-0.39, 0.29) is 0 Å². The van der Waals surface area contributed by atoms with Crippen molar-refractivity contribution in [3.8, 4) is 45.0 Å². The molecule has 10 aromatic rings. The van der Waals surface area contributed by atoms with Crippen LogP contribution < -0.4 is 0 Å². The molecule has 0 radical (unpaired) electrons. The summed E-state index contributed by atoms with van der Waals surface area (Å²) in [7, 11) is 0. The standard InChI is InChI=1S/C46H28N2S/c1-2-9-31(10-3-1)46-47-42(28-43(48-46)35-22-24-40-39-13-6-7-16-44(39)49-45(40)27-35)30-19-17-29(18-20-30)36-14-8-15-37-38(36)23-21-34-25-32-11-4-5-12-33(32)26-41(34)37/h1-28H. The lowest BCUT2D eigenvalue weighted by molar-refractivity contribution is 1.18. The number of benzene rings is 8. The van der Waals surface area contributed by atoms with Gasteiger partial charge < -0.3 is 0 Å². The zero-order chi connectivity index (χ0) is 32.3. The average molecular weight is 641 g/mol. The molecule has 0 fully saturated rings. The molecule has 49 heavy (non-hydrogen) atoms.